The van der Waals surface area contributed by atoms with Gasteiger partial charge in [0.05, 0.1) is 0 Å². The quantitative estimate of drug-likeness (QED) is 0.353. The second-order valence-electron chi connectivity index (χ2n) is 0.0583. The molecule has 33 valence electrons. The first kappa shape index (κ1) is 15.6. The second kappa shape index (κ2) is 16.0. The van der Waals surface area contributed by atoms with E-state index in [1.54, 1.807) is 46.0 Å². The summed E-state index contributed by atoms with van der Waals surface area (Å²) in [5.74, 6) is 0. The smallest absolute Gasteiger partial charge is 0.124 e. The minimum Gasteiger partial charge on any atom is -0.247 e. The summed E-state index contributed by atoms with van der Waals surface area (Å²) in [6.07, 6.45) is 0. The molecule has 1 nitrogen and oxygen atoms in total. The molecule has 0 aromatic rings. The van der Waals surface area contributed by atoms with Crippen molar-refractivity contribution < 1.29 is 1.40 Å². The Balaban J connectivity index is -0.0000000200. The van der Waals surface area contributed by atoms with Crippen LogP contribution < -0.4 is 0 Å². The summed E-state index contributed by atoms with van der Waals surface area (Å²) in [6, 6.07) is 0. The maximum absolute atomic E-state index is 4.19. The van der Waals surface area contributed by atoms with Crippen molar-refractivity contribution in [3.63, 3.8) is 0 Å². The van der Waals surface area contributed by atoms with Crippen LogP contribution in [0.25, 0.3) is 0 Å². The Hall–Kier alpha value is 2.59. The van der Waals surface area contributed by atoms with E-state index < -0.39 is 0 Å². The van der Waals surface area contributed by atoms with Gasteiger partial charge in [0.15, 0.2) is 0 Å². The van der Waals surface area contributed by atoms with Crippen molar-refractivity contribution in [2.75, 3.05) is 0 Å². The molecule has 0 atom stereocenters. The number of halogens is 3. The number of hydrogen-bond acceptors (Lipinski definition) is 1. The van der Waals surface area contributed by atoms with Crippen molar-refractivity contribution in [1.82, 2.24) is 0 Å². The Morgan fingerprint density at radius 2 is 1.20 bits per heavy atom. The third-order valence-corrected chi connectivity index (χ3v) is 0. The van der Waals surface area contributed by atoms with Crippen molar-refractivity contribution in [2.24, 2.45) is 0 Å². The first-order valence-electron chi connectivity index (χ1n) is 0.309. The second-order valence-corrected chi connectivity index (χ2v) is 2.62. The van der Waals surface area contributed by atoms with Gasteiger partial charge in [-0.15, -0.1) is 12.4 Å². The molecule has 0 aromatic carbocycles. The molecular weight excluding hydrogens is 514 g/mol. The van der Waals surface area contributed by atoms with E-state index >= 15 is 0 Å². The van der Waals surface area contributed by atoms with Gasteiger partial charge in [-0.2, -0.15) is 0 Å². The van der Waals surface area contributed by atoms with E-state index in [9.17, 15) is 0 Å². The zero-order valence-electron chi connectivity index (χ0n) is 2.02. The maximum atomic E-state index is 4.19. The van der Waals surface area contributed by atoms with Gasteiger partial charge < -0.3 is 0 Å². The molecule has 5 heteroatoms. The number of rotatable bonds is 0. The van der Waals surface area contributed by atoms with Gasteiger partial charge in [-0.1, -0.05) is 0 Å². The first-order chi connectivity index (χ1) is 1.41. The molecular formula is HBiClI2O. The average Bonchev–Trinajstić information content (AvgIpc) is 0.918. The van der Waals surface area contributed by atoms with E-state index in [-0.39, 0.29) is 38.6 Å². The SMILES string of the molecule is Cl.IOI.[Bi]. The Bertz CT molecular complexity index is 9.61. The normalized spacial score (nSPS) is 3.60. The van der Waals surface area contributed by atoms with Gasteiger partial charge in [0.1, 0.15) is 46.0 Å². The molecule has 0 unspecified atom stereocenters. The van der Waals surface area contributed by atoms with Crippen LogP contribution in [0.1, 0.15) is 0 Å². The zero-order chi connectivity index (χ0) is 2.71. The summed E-state index contributed by atoms with van der Waals surface area (Å²) < 4.78 is 4.19. The predicted octanol–water partition coefficient (Wildman–Crippen LogP) is 1.74. The van der Waals surface area contributed by atoms with Gasteiger partial charge in [0, 0.05) is 26.2 Å². The minimum absolute atomic E-state index is 0. The fourth-order valence-corrected chi connectivity index (χ4v) is 0. The standard InChI is InChI=1S/Bi.ClH.I2O/c;;1-3-2/h;1H;. The molecule has 0 saturated carbocycles. The summed E-state index contributed by atoms with van der Waals surface area (Å²) in [4.78, 5) is 0. The van der Waals surface area contributed by atoms with E-state index in [4.69, 9.17) is 0 Å². The van der Waals surface area contributed by atoms with E-state index in [0.29, 0.717) is 0 Å². The molecule has 0 amide bonds. The van der Waals surface area contributed by atoms with Crippen LogP contribution in [0.2, 0.25) is 0 Å². The van der Waals surface area contributed by atoms with Crippen molar-refractivity contribution in [3.8, 4) is 0 Å². The van der Waals surface area contributed by atoms with Crippen molar-refractivity contribution >= 4 is 84.6 Å². The topological polar surface area (TPSA) is 9.23 Å². The van der Waals surface area contributed by atoms with Crippen LogP contribution in [-0.4, -0.2) is 26.2 Å². The summed E-state index contributed by atoms with van der Waals surface area (Å²) in [7, 11) is 0. The Morgan fingerprint density at radius 3 is 1.20 bits per heavy atom. The molecule has 0 fully saturated rings. The van der Waals surface area contributed by atoms with Gasteiger partial charge >= 0.3 is 0 Å². The molecule has 3 radical (unpaired) electrons. The van der Waals surface area contributed by atoms with E-state index in [2.05, 4.69) is 1.40 Å². The molecule has 0 aliphatic rings. The minimum atomic E-state index is 0. The van der Waals surface area contributed by atoms with Gasteiger partial charge in [-0.3, -0.25) is 0 Å². The number of hydrogen-bond donors (Lipinski definition) is 0. The third-order valence-electron chi connectivity index (χ3n) is 0. The van der Waals surface area contributed by atoms with Crippen LogP contribution in [-0.2, 0) is 1.40 Å². The monoisotopic (exact) mass is 515 g/mol. The molecule has 0 bridgehead atoms. The van der Waals surface area contributed by atoms with Gasteiger partial charge in [0.2, 0.25) is 0 Å². The molecule has 0 heterocycles. The fourth-order valence-electron chi connectivity index (χ4n) is 0. The van der Waals surface area contributed by atoms with Crippen molar-refractivity contribution in [1.29, 1.82) is 0 Å². The van der Waals surface area contributed by atoms with E-state index in [1.807, 2.05) is 0 Å². The Labute approximate surface area is 84.5 Å². The molecule has 0 aliphatic heterocycles. The Kier molecular flexibility index (Phi) is 50.0. The van der Waals surface area contributed by atoms with Gasteiger partial charge in [0.25, 0.3) is 0 Å². The summed E-state index contributed by atoms with van der Waals surface area (Å²) in [5, 5.41) is 0. The molecule has 5 heavy (non-hydrogen) atoms. The van der Waals surface area contributed by atoms with Crippen LogP contribution in [0.15, 0.2) is 0 Å². The largest absolute Gasteiger partial charge is 0.247 e. The van der Waals surface area contributed by atoms with E-state index in [1.165, 1.54) is 0 Å². The van der Waals surface area contributed by atoms with Gasteiger partial charge in [-0.25, -0.2) is 1.40 Å². The maximum Gasteiger partial charge on any atom is 0.124 e. The molecule has 0 aliphatic carbocycles. The summed E-state index contributed by atoms with van der Waals surface area (Å²) in [5.41, 5.74) is 0. The van der Waals surface area contributed by atoms with Crippen LogP contribution >= 0.6 is 58.4 Å². The zero-order valence-corrected chi connectivity index (χ0v) is 10.6. The first-order valence-corrected chi connectivity index (χ1v) is 2.07. The fraction of sp³-hybridized carbons (Fsp3) is 0. The van der Waals surface area contributed by atoms with Crippen LogP contribution in [0.3, 0.4) is 0 Å². The summed E-state index contributed by atoms with van der Waals surface area (Å²) in [6.45, 7) is 0. The van der Waals surface area contributed by atoms with Crippen molar-refractivity contribution in [3.05, 3.63) is 0 Å². The summed E-state index contributed by atoms with van der Waals surface area (Å²) >= 11 is 3.55. The van der Waals surface area contributed by atoms with Crippen LogP contribution in [0.5, 0.6) is 0 Å². The van der Waals surface area contributed by atoms with Crippen LogP contribution in [0.4, 0.5) is 0 Å². The molecule has 0 spiro atoms. The molecule has 0 aromatic heterocycles. The molecule has 0 saturated heterocycles. The van der Waals surface area contributed by atoms with E-state index in [0.717, 1.165) is 0 Å². The Morgan fingerprint density at radius 1 is 1.20 bits per heavy atom. The predicted molar refractivity (Wildman–Crippen MR) is 42.1 cm³/mol. The average molecular weight is 515 g/mol. The van der Waals surface area contributed by atoms with Crippen molar-refractivity contribution in [2.45, 2.75) is 0 Å². The molecule has 0 N–H and O–H groups in total. The van der Waals surface area contributed by atoms with Crippen LogP contribution in [0, 0.1) is 0 Å². The third kappa shape index (κ3) is 20.7. The molecule has 0 rings (SSSR count). The van der Waals surface area contributed by atoms with Gasteiger partial charge in [-0.05, 0) is 0 Å².